The van der Waals surface area contributed by atoms with E-state index in [-0.39, 0.29) is 35.8 Å². The lowest BCUT2D eigenvalue weighted by molar-refractivity contribution is -0.130. The quantitative estimate of drug-likeness (QED) is 0.284. The molecular formula is C21H36IN5O2. The van der Waals surface area contributed by atoms with E-state index in [2.05, 4.69) is 15.6 Å². The molecule has 0 aliphatic carbocycles. The molecule has 0 bridgehead atoms. The lowest BCUT2D eigenvalue weighted by Gasteiger charge is -2.18. The highest BCUT2D eigenvalue weighted by atomic mass is 127. The van der Waals surface area contributed by atoms with E-state index in [1.165, 1.54) is 0 Å². The fourth-order valence-electron chi connectivity index (χ4n) is 2.78. The first-order valence-electron chi connectivity index (χ1n) is 10.0. The average molecular weight is 517 g/mol. The van der Waals surface area contributed by atoms with Crippen LogP contribution in [0.25, 0.3) is 0 Å². The van der Waals surface area contributed by atoms with Crippen molar-refractivity contribution >= 4 is 41.8 Å². The van der Waals surface area contributed by atoms with Crippen molar-refractivity contribution in [2.24, 2.45) is 4.99 Å². The molecule has 1 aromatic carbocycles. The van der Waals surface area contributed by atoms with E-state index in [9.17, 15) is 9.59 Å². The Balaban J connectivity index is 0.00000784. The van der Waals surface area contributed by atoms with Gasteiger partial charge in [-0.05, 0) is 44.9 Å². The topological polar surface area (TPSA) is 77.0 Å². The van der Waals surface area contributed by atoms with Crippen LogP contribution >= 0.6 is 24.0 Å². The van der Waals surface area contributed by atoms with Crippen molar-refractivity contribution in [2.45, 2.75) is 33.6 Å². The summed E-state index contributed by atoms with van der Waals surface area (Å²) in [7, 11) is 3.50. The lowest BCUT2D eigenvalue weighted by Crippen LogP contribution is -2.38. The van der Waals surface area contributed by atoms with E-state index >= 15 is 0 Å². The largest absolute Gasteiger partial charge is 0.357 e. The smallest absolute Gasteiger partial charge is 0.253 e. The fraction of sp³-hybridized carbons (Fsp3) is 0.571. The van der Waals surface area contributed by atoms with Gasteiger partial charge in [0, 0.05) is 52.3 Å². The molecular weight excluding hydrogens is 481 g/mol. The van der Waals surface area contributed by atoms with Crippen molar-refractivity contribution in [1.82, 2.24) is 20.4 Å². The Bertz CT molecular complexity index is 660. The summed E-state index contributed by atoms with van der Waals surface area (Å²) < 4.78 is 0. The molecule has 0 spiro atoms. The molecule has 0 aromatic heterocycles. The van der Waals surface area contributed by atoms with Gasteiger partial charge in [0.05, 0.1) is 6.54 Å². The summed E-state index contributed by atoms with van der Waals surface area (Å²) in [6.07, 6.45) is 1.18. The molecule has 0 atom stereocenters. The van der Waals surface area contributed by atoms with Gasteiger partial charge in [0.25, 0.3) is 5.91 Å². The third kappa shape index (κ3) is 9.96. The molecule has 0 saturated heterocycles. The van der Waals surface area contributed by atoms with Gasteiger partial charge in [-0.25, -0.2) is 0 Å². The Morgan fingerprint density at radius 3 is 2.34 bits per heavy atom. The third-order valence-corrected chi connectivity index (χ3v) is 4.34. The number of hydrogen-bond donors (Lipinski definition) is 2. The number of amides is 2. The van der Waals surface area contributed by atoms with E-state index in [0.29, 0.717) is 31.0 Å². The van der Waals surface area contributed by atoms with Gasteiger partial charge in [0.2, 0.25) is 5.91 Å². The van der Waals surface area contributed by atoms with Crippen LogP contribution in [0.5, 0.6) is 0 Å². The monoisotopic (exact) mass is 517 g/mol. The molecule has 0 aliphatic heterocycles. The SMILES string of the molecule is CCNC(=NCCC(=O)N(CC)CC)NCCc1cccc(C(=O)N(C)C)c1.I. The van der Waals surface area contributed by atoms with Gasteiger partial charge in [0.15, 0.2) is 5.96 Å². The van der Waals surface area contributed by atoms with Crippen LogP contribution in [0.3, 0.4) is 0 Å². The first-order valence-corrected chi connectivity index (χ1v) is 10.0. The predicted molar refractivity (Wildman–Crippen MR) is 130 cm³/mol. The number of carbonyl (C=O) groups is 2. The highest BCUT2D eigenvalue weighted by Gasteiger charge is 2.09. The Kier molecular flexibility index (Phi) is 14.1. The summed E-state index contributed by atoms with van der Waals surface area (Å²) in [5, 5.41) is 6.49. The van der Waals surface area contributed by atoms with Crippen LogP contribution < -0.4 is 10.6 Å². The second-order valence-electron chi connectivity index (χ2n) is 6.65. The number of benzene rings is 1. The van der Waals surface area contributed by atoms with Gasteiger partial charge < -0.3 is 20.4 Å². The van der Waals surface area contributed by atoms with Gasteiger partial charge >= 0.3 is 0 Å². The van der Waals surface area contributed by atoms with Crippen molar-refractivity contribution < 1.29 is 9.59 Å². The minimum absolute atomic E-state index is 0. The molecule has 8 heteroatoms. The van der Waals surface area contributed by atoms with Gasteiger partial charge in [0.1, 0.15) is 0 Å². The molecule has 0 saturated carbocycles. The van der Waals surface area contributed by atoms with Crippen LogP contribution in [-0.4, -0.2) is 74.4 Å². The van der Waals surface area contributed by atoms with Crippen LogP contribution in [0.15, 0.2) is 29.3 Å². The van der Waals surface area contributed by atoms with Gasteiger partial charge in [-0.1, -0.05) is 12.1 Å². The maximum Gasteiger partial charge on any atom is 0.253 e. The molecule has 0 heterocycles. The first kappa shape index (κ1) is 27.2. The molecule has 0 aliphatic rings. The van der Waals surface area contributed by atoms with Crippen LogP contribution in [0.1, 0.15) is 43.1 Å². The third-order valence-electron chi connectivity index (χ3n) is 4.34. The average Bonchev–Trinajstić information content (AvgIpc) is 2.68. The minimum Gasteiger partial charge on any atom is -0.357 e. The normalized spacial score (nSPS) is 10.7. The maximum absolute atomic E-state index is 12.1. The molecule has 29 heavy (non-hydrogen) atoms. The van der Waals surface area contributed by atoms with Crippen molar-refractivity contribution in [2.75, 3.05) is 46.8 Å². The fourth-order valence-corrected chi connectivity index (χ4v) is 2.78. The molecule has 164 valence electrons. The number of aliphatic imine (C=N–C) groups is 1. The number of carbonyl (C=O) groups excluding carboxylic acids is 2. The van der Waals surface area contributed by atoms with Crippen LogP contribution in [-0.2, 0) is 11.2 Å². The number of guanidine groups is 1. The van der Waals surface area contributed by atoms with Gasteiger partial charge in [-0.3, -0.25) is 14.6 Å². The summed E-state index contributed by atoms with van der Waals surface area (Å²) in [6.45, 7) is 9.33. The summed E-state index contributed by atoms with van der Waals surface area (Å²) in [6, 6.07) is 7.68. The zero-order valence-electron chi connectivity index (χ0n) is 18.3. The highest BCUT2D eigenvalue weighted by molar-refractivity contribution is 14.0. The second-order valence-corrected chi connectivity index (χ2v) is 6.65. The maximum atomic E-state index is 12.1. The summed E-state index contributed by atoms with van der Waals surface area (Å²) in [5.41, 5.74) is 1.78. The zero-order valence-corrected chi connectivity index (χ0v) is 20.7. The van der Waals surface area contributed by atoms with Crippen LogP contribution in [0.2, 0.25) is 0 Å². The van der Waals surface area contributed by atoms with Crippen molar-refractivity contribution in [3.63, 3.8) is 0 Å². The molecule has 2 N–H and O–H groups in total. The summed E-state index contributed by atoms with van der Waals surface area (Å²) in [5.74, 6) is 0.838. The molecule has 7 nitrogen and oxygen atoms in total. The van der Waals surface area contributed by atoms with Crippen LogP contribution in [0.4, 0.5) is 0 Å². The highest BCUT2D eigenvalue weighted by Crippen LogP contribution is 2.07. The van der Waals surface area contributed by atoms with Gasteiger partial charge in [-0.15, -0.1) is 24.0 Å². The van der Waals surface area contributed by atoms with E-state index in [4.69, 9.17) is 0 Å². The number of halogens is 1. The first-order chi connectivity index (χ1) is 13.4. The Morgan fingerprint density at radius 2 is 1.76 bits per heavy atom. The Labute approximate surface area is 192 Å². The number of rotatable bonds is 10. The zero-order chi connectivity index (χ0) is 20.9. The molecule has 1 aromatic rings. The Hall–Kier alpha value is -1.84. The Morgan fingerprint density at radius 1 is 1.07 bits per heavy atom. The van der Waals surface area contributed by atoms with Crippen molar-refractivity contribution in [3.8, 4) is 0 Å². The van der Waals surface area contributed by atoms with E-state index in [0.717, 1.165) is 31.6 Å². The van der Waals surface area contributed by atoms with Crippen molar-refractivity contribution in [3.05, 3.63) is 35.4 Å². The molecule has 0 unspecified atom stereocenters. The van der Waals surface area contributed by atoms with Gasteiger partial charge in [-0.2, -0.15) is 0 Å². The summed E-state index contributed by atoms with van der Waals surface area (Å²) >= 11 is 0. The van der Waals surface area contributed by atoms with Crippen LogP contribution in [0, 0.1) is 0 Å². The van der Waals surface area contributed by atoms with E-state index in [1.807, 2.05) is 49.9 Å². The van der Waals surface area contributed by atoms with E-state index in [1.54, 1.807) is 19.0 Å². The standard InChI is InChI=1S/C21H35N5O2.HI/c1-6-22-21(24-15-13-19(27)26(7-2)8-3)23-14-12-17-10-9-11-18(16-17)20(28)25(4)5;/h9-11,16H,6-8,12-15H2,1-5H3,(H2,22,23,24);1H. The molecule has 2 amide bonds. The predicted octanol–water partition coefficient (Wildman–Crippen LogP) is 2.36. The van der Waals surface area contributed by atoms with Crippen molar-refractivity contribution in [1.29, 1.82) is 0 Å². The number of hydrogen-bond acceptors (Lipinski definition) is 3. The van der Waals surface area contributed by atoms with E-state index < -0.39 is 0 Å². The lowest BCUT2D eigenvalue weighted by atomic mass is 10.1. The molecule has 0 fully saturated rings. The second kappa shape index (κ2) is 15.1. The summed E-state index contributed by atoms with van der Waals surface area (Å²) in [4.78, 5) is 32.0. The minimum atomic E-state index is 0. The molecule has 0 radical (unpaired) electrons. The molecule has 1 rings (SSSR count). The number of nitrogens with one attached hydrogen (secondary N) is 2. The number of nitrogens with zero attached hydrogens (tertiary/aromatic N) is 3.